The van der Waals surface area contributed by atoms with Crippen molar-refractivity contribution in [2.45, 2.75) is 57.2 Å². The Kier molecular flexibility index (Phi) is 3.15. The Morgan fingerprint density at radius 3 is 2.71 bits per heavy atom. The van der Waals surface area contributed by atoms with Crippen LogP contribution in [0.15, 0.2) is 11.6 Å². The molecular weight excluding hydrogens is 316 g/mol. The van der Waals surface area contributed by atoms with Gasteiger partial charge in [0, 0.05) is 12.3 Å². The molecule has 3 fully saturated rings. The van der Waals surface area contributed by atoms with Gasteiger partial charge in [-0.25, -0.2) is 0 Å². The fourth-order valence-electron chi connectivity index (χ4n) is 5.30. The summed E-state index contributed by atoms with van der Waals surface area (Å²) in [6, 6.07) is 0. The summed E-state index contributed by atoms with van der Waals surface area (Å²) in [6.45, 7) is 4.83. The summed E-state index contributed by atoms with van der Waals surface area (Å²) < 4.78 is 17.4. The fraction of sp³-hybridized carbons (Fsp3) is 0.765. The van der Waals surface area contributed by atoms with Crippen LogP contribution in [0.4, 0.5) is 0 Å². The predicted molar refractivity (Wildman–Crippen MR) is 79.9 cm³/mol. The van der Waals surface area contributed by atoms with E-state index in [0.29, 0.717) is 18.6 Å². The second-order valence-electron chi connectivity index (χ2n) is 7.65. The van der Waals surface area contributed by atoms with Crippen LogP contribution in [0.2, 0.25) is 0 Å². The summed E-state index contributed by atoms with van der Waals surface area (Å²) in [4.78, 5) is 23.9. The minimum atomic E-state index is -1.39. The largest absolute Gasteiger partial charge is 0.460 e. The van der Waals surface area contributed by atoms with E-state index in [4.69, 9.17) is 14.2 Å². The van der Waals surface area contributed by atoms with Crippen molar-refractivity contribution in [3.8, 4) is 0 Å². The van der Waals surface area contributed by atoms with Crippen molar-refractivity contribution in [1.82, 2.24) is 0 Å². The molecule has 2 aliphatic carbocycles. The Morgan fingerprint density at radius 1 is 1.50 bits per heavy atom. The Bertz CT molecular complexity index is 651. The van der Waals surface area contributed by atoms with Crippen LogP contribution in [-0.2, 0) is 23.8 Å². The number of rotatable bonds is 2. The summed E-state index contributed by atoms with van der Waals surface area (Å²) in [5.41, 5.74) is -2.30. The van der Waals surface area contributed by atoms with E-state index in [-0.39, 0.29) is 0 Å². The zero-order chi connectivity index (χ0) is 17.5. The molecule has 0 aromatic heterocycles. The lowest BCUT2D eigenvalue weighted by atomic mass is 9.50. The Morgan fingerprint density at radius 2 is 2.17 bits per heavy atom. The molecule has 7 atom stereocenters. The second-order valence-corrected chi connectivity index (χ2v) is 7.65. The van der Waals surface area contributed by atoms with Crippen LogP contribution in [0.1, 0.15) is 27.2 Å². The summed E-state index contributed by atoms with van der Waals surface area (Å²) in [5.74, 6) is -0.824. The van der Waals surface area contributed by atoms with Crippen LogP contribution >= 0.6 is 0 Å². The maximum Gasteiger partial charge on any atom is 0.302 e. The first-order valence-corrected chi connectivity index (χ1v) is 8.22. The molecule has 4 aliphatic rings. The molecule has 7 nitrogen and oxygen atoms in total. The number of carbonyl (C=O) groups excluding carboxylic acids is 2. The summed E-state index contributed by atoms with van der Waals surface area (Å²) in [6.07, 6.45) is -0.991. The molecule has 2 saturated heterocycles. The van der Waals surface area contributed by atoms with Gasteiger partial charge < -0.3 is 24.4 Å². The Balaban J connectivity index is 1.87. The van der Waals surface area contributed by atoms with Gasteiger partial charge in [-0.1, -0.05) is 6.92 Å². The maximum atomic E-state index is 12.4. The highest BCUT2D eigenvalue weighted by Gasteiger charge is 2.83. The molecule has 2 heterocycles. The van der Waals surface area contributed by atoms with Gasteiger partial charge in [0.15, 0.2) is 5.78 Å². The van der Waals surface area contributed by atoms with Gasteiger partial charge >= 0.3 is 5.97 Å². The third-order valence-corrected chi connectivity index (χ3v) is 6.73. The lowest BCUT2D eigenvalue weighted by molar-refractivity contribution is -0.244. The predicted octanol–water partition coefficient (Wildman–Crippen LogP) is -0.267. The van der Waals surface area contributed by atoms with E-state index in [1.807, 2.05) is 6.92 Å². The van der Waals surface area contributed by atoms with Gasteiger partial charge in [0.05, 0.1) is 24.7 Å². The number of Topliss-reactive ketones (excluding diaryl/α,β-unsaturated/α-hetero) is 1. The van der Waals surface area contributed by atoms with Crippen molar-refractivity contribution < 1.29 is 34.0 Å². The number of epoxide rings is 1. The standard InChI is InChI=1S/C17H22O7/c1-8-4-11-16(6-18,13(21)12(8)20)15(3)5-10(23-9(2)19)14(24-11)17(15)7-22-17/h4,10-11,13-14,18,21H,5-7H2,1-3H3/t10-,11-,13-,14-,15-,16-,17+/m1/s1. The highest BCUT2D eigenvalue weighted by molar-refractivity contribution is 6.00. The molecule has 2 N–H and O–H groups in total. The number of ether oxygens (including phenoxy) is 3. The minimum absolute atomic E-state index is 0.367. The molecule has 0 unspecified atom stereocenters. The lowest BCUT2D eigenvalue weighted by Gasteiger charge is -2.58. The van der Waals surface area contributed by atoms with Gasteiger partial charge in [0.25, 0.3) is 0 Å². The van der Waals surface area contributed by atoms with Crippen molar-refractivity contribution in [3.63, 3.8) is 0 Å². The highest BCUT2D eigenvalue weighted by atomic mass is 16.7. The van der Waals surface area contributed by atoms with E-state index in [0.717, 1.165) is 0 Å². The number of carbonyl (C=O) groups is 2. The van der Waals surface area contributed by atoms with E-state index in [1.54, 1.807) is 13.0 Å². The average molecular weight is 338 g/mol. The van der Waals surface area contributed by atoms with E-state index in [1.165, 1.54) is 6.92 Å². The van der Waals surface area contributed by atoms with Crippen molar-refractivity contribution >= 4 is 11.8 Å². The maximum absolute atomic E-state index is 12.4. The summed E-state index contributed by atoms with van der Waals surface area (Å²) in [7, 11) is 0. The number of esters is 1. The number of fused-ring (bicyclic) bond motifs is 2. The SMILES string of the molecule is CC(=O)O[C@@H]1C[C@]2(C)[C@@]3(CO)[C@H](O)C(=O)C(C)=C[C@H]3O[C@H]1[C@@]21CO1. The van der Waals surface area contributed by atoms with Gasteiger partial charge in [-0.15, -0.1) is 0 Å². The van der Waals surface area contributed by atoms with Crippen molar-refractivity contribution in [2.75, 3.05) is 13.2 Å². The third kappa shape index (κ3) is 1.57. The second kappa shape index (κ2) is 4.66. The summed E-state index contributed by atoms with van der Waals surface area (Å²) >= 11 is 0. The number of hydrogen-bond donors (Lipinski definition) is 2. The first kappa shape index (κ1) is 16.2. The van der Waals surface area contributed by atoms with Crippen LogP contribution in [0.25, 0.3) is 0 Å². The molecule has 0 radical (unpaired) electrons. The molecule has 1 saturated carbocycles. The number of hydrogen-bond acceptors (Lipinski definition) is 7. The molecular formula is C17H22O7. The van der Waals surface area contributed by atoms with Gasteiger partial charge in [-0.3, -0.25) is 9.59 Å². The van der Waals surface area contributed by atoms with Crippen LogP contribution in [0.5, 0.6) is 0 Å². The molecule has 132 valence electrons. The summed E-state index contributed by atoms with van der Waals surface area (Å²) in [5, 5.41) is 21.1. The third-order valence-electron chi connectivity index (χ3n) is 6.73. The van der Waals surface area contributed by atoms with E-state index < -0.39 is 59.2 Å². The van der Waals surface area contributed by atoms with Crippen molar-refractivity contribution in [2.24, 2.45) is 10.8 Å². The highest BCUT2D eigenvalue weighted by Crippen LogP contribution is 2.71. The minimum Gasteiger partial charge on any atom is -0.460 e. The molecule has 7 heteroatoms. The zero-order valence-corrected chi connectivity index (χ0v) is 13.9. The van der Waals surface area contributed by atoms with Crippen LogP contribution < -0.4 is 0 Å². The first-order valence-electron chi connectivity index (χ1n) is 8.22. The molecule has 24 heavy (non-hydrogen) atoms. The molecule has 0 aromatic rings. The van der Waals surface area contributed by atoms with Crippen molar-refractivity contribution in [1.29, 1.82) is 0 Å². The Hall–Kier alpha value is -1.28. The molecule has 0 aromatic carbocycles. The van der Waals surface area contributed by atoms with Gasteiger partial charge in [-0.05, 0) is 25.0 Å². The first-order chi connectivity index (χ1) is 11.2. The monoisotopic (exact) mass is 338 g/mol. The quantitative estimate of drug-likeness (QED) is 0.527. The molecule has 2 bridgehead atoms. The normalized spacial score (nSPS) is 52.0. The Labute approximate surface area is 139 Å². The topological polar surface area (TPSA) is 106 Å². The van der Waals surface area contributed by atoms with E-state index in [9.17, 15) is 19.8 Å². The molecule has 2 aliphatic heterocycles. The van der Waals surface area contributed by atoms with Crippen molar-refractivity contribution in [3.05, 3.63) is 11.6 Å². The van der Waals surface area contributed by atoms with Crippen LogP contribution in [0.3, 0.4) is 0 Å². The number of aliphatic hydroxyl groups excluding tert-OH is 2. The zero-order valence-electron chi connectivity index (χ0n) is 13.9. The van der Waals surface area contributed by atoms with Gasteiger partial charge in [-0.2, -0.15) is 0 Å². The fourth-order valence-corrected chi connectivity index (χ4v) is 5.30. The molecule has 0 amide bonds. The molecule has 4 rings (SSSR count). The van der Waals surface area contributed by atoms with Gasteiger partial charge in [0.1, 0.15) is 23.9 Å². The van der Waals surface area contributed by atoms with Crippen LogP contribution in [-0.4, -0.2) is 65.2 Å². The molecule has 1 spiro atoms. The van der Waals surface area contributed by atoms with E-state index in [2.05, 4.69) is 0 Å². The smallest absolute Gasteiger partial charge is 0.302 e. The van der Waals surface area contributed by atoms with E-state index >= 15 is 0 Å². The van der Waals surface area contributed by atoms with Gasteiger partial charge in [0.2, 0.25) is 0 Å². The lowest BCUT2D eigenvalue weighted by Crippen LogP contribution is -2.70. The average Bonchev–Trinajstić information content (AvgIpc) is 3.27. The van der Waals surface area contributed by atoms with Crippen LogP contribution in [0, 0.1) is 10.8 Å². The number of aliphatic hydroxyl groups is 2. The number of ketones is 1.